The molecule has 0 radical (unpaired) electrons. The first kappa shape index (κ1) is 20.4. The van der Waals surface area contributed by atoms with Crippen LogP contribution in [0.3, 0.4) is 0 Å². The number of benzene rings is 1. The van der Waals surface area contributed by atoms with Crippen molar-refractivity contribution in [3.8, 4) is 0 Å². The molecule has 0 aliphatic carbocycles. The van der Waals surface area contributed by atoms with E-state index in [9.17, 15) is 4.79 Å². The third-order valence-corrected chi connectivity index (χ3v) is 5.56. The Kier molecular flexibility index (Phi) is 6.72. The van der Waals surface area contributed by atoms with Crippen LogP contribution in [0.5, 0.6) is 0 Å². The summed E-state index contributed by atoms with van der Waals surface area (Å²) in [5.74, 6) is 2.07. The van der Waals surface area contributed by atoms with Crippen molar-refractivity contribution < 1.29 is 4.79 Å². The molecule has 3 aromatic rings. The predicted molar refractivity (Wildman–Crippen MR) is 114 cm³/mol. The van der Waals surface area contributed by atoms with E-state index < -0.39 is 0 Å². The number of aromatic amines is 1. The zero-order valence-corrected chi connectivity index (χ0v) is 18.0. The number of hydrogen-bond acceptors (Lipinski definition) is 6. The van der Waals surface area contributed by atoms with E-state index in [4.69, 9.17) is 4.98 Å². The lowest BCUT2D eigenvalue weighted by Crippen LogP contribution is -2.06. The second-order valence-electron chi connectivity index (χ2n) is 6.96. The topological polar surface area (TPSA) is 96.5 Å². The van der Waals surface area contributed by atoms with Crippen LogP contribution in [0.2, 0.25) is 0 Å². The molecule has 1 aromatic carbocycles. The Morgan fingerprint density at radius 1 is 1.21 bits per heavy atom. The molecule has 0 amide bonds. The largest absolute Gasteiger partial charge is 0.337 e. The molecule has 0 spiro atoms. The number of nitrogens with zero attached hydrogens (tertiary/aromatic N) is 4. The number of carbonyl (C=O) groups excluding carboxylic acids is 1. The second kappa shape index (κ2) is 9.23. The van der Waals surface area contributed by atoms with Gasteiger partial charge in [-0.25, -0.2) is 9.97 Å². The maximum atomic E-state index is 11.6. The summed E-state index contributed by atoms with van der Waals surface area (Å²) in [6.45, 7) is 6.00. The van der Waals surface area contributed by atoms with E-state index in [1.807, 2.05) is 6.07 Å². The monoisotopic (exact) mass is 444 g/mol. The van der Waals surface area contributed by atoms with Crippen LogP contribution in [0, 0.1) is 5.92 Å². The van der Waals surface area contributed by atoms with Crippen molar-refractivity contribution in [3.63, 3.8) is 0 Å². The van der Waals surface area contributed by atoms with Gasteiger partial charge in [-0.15, -0.1) is 5.10 Å². The van der Waals surface area contributed by atoms with E-state index in [2.05, 4.69) is 55.5 Å². The summed E-state index contributed by atoms with van der Waals surface area (Å²) in [6, 6.07) is 5.43. The van der Waals surface area contributed by atoms with Crippen LogP contribution in [0.25, 0.3) is 11.2 Å². The number of Topliss-reactive ketones (excluding diaryl/α,β-unsaturated/α-hetero) is 1. The van der Waals surface area contributed by atoms with E-state index >= 15 is 0 Å². The number of halogens is 1. The first-order valence-corrected chi connectivity index (χ1v) is 10.5. The van der Waals surface area contributed by atoms with Crippen LogP contribution in [-0.2, 0) is 6.42 Å². The normalized spacial score (nSPS) is 12.3. The Hall–Kier alpha value is -2.35. The molecule has 2 aromatic heterocycles. The Morgan fingerprint density at radius 3 is 2.71 bits per heavy atom. The minimum absolute atomic E-state index is 0.0213. The van der Waals surface area contributed by atoms with Gasteiger partial charge in [-0.3, -0.25) is 4.79 Å². The molecule has 7 nitrogen and oxygen atoms in total. The van der Waals surface area contributed by atoms with Crippen LogP contribution >= 0.6 is 15.9 Å². The lowest BCUT2D eigenvalue weighted by Gasteiger charge is -2.13. The number of fused-ring (bicyclic) bond motifs is 1. The fourth-order valence-electron chi connectivity index (χ4n) is 3.25. The van der Waals surface area contributed by atoms with Crippen LogP contribution in [0.4, 0.5) is 11.5 Å². The molecule has 2 heterocycles. The van der Waals surface area contributed by atoms with Gasteiger partial charge in [0.15, 0.2) is 17.1 Å². The molecule has 3 rings (SSSR count). The molecule has 0 saturated heterocycles. The summed E-state index contributed by atoms with van der Waals surface area (Å²) in [5.41, 5.74) is 2.59. The van der Waals surface area contributed by atoms with Crippen LogP contribution in [0.15, 0.2) is 22.7 Å². The first-order chi connectivity index (χ1) is 13.5. The van der Waals surface area contributed by atoms with Crippen molar-refractivity contribution in [2.24, 2.45) is 5.92 Å². The number of rotatable bonds is 9. The molecule has 0 aliphatic heterocycles. The molecular weight excluding hydrogens is 420 g/mol. The molecular formula is C20H25BrN6O. The van der Waals surface area contributed by atoms with E-state index in [1.165, 1.54) is 19.3 Å². The van der Waals surface area contributed by atoms with E-state index in [0.717, 1.165) is 28.8 Å². The van der Waals surface area contributed by atoms with Gasteiger partial charge in [-0.05, 0) is 53.4 Å². The number of aromatic nitrogens is 5. The number of carbonyl (C=O) groups is 1. The second-order valence-corrected chi connectivity index (χ2v) is 7.82. The van der Waals surface area contributed by atoms with Gasteiger partial charge in [0.25, 0.3) is 0 Å². The summed E-state index contributed by atoms with van der Waals surface area (Å²) in [6.07, 6.45) is 5.45. The van der Waals surface area contributed by atoms with Gasteiger partial charge >= 0.3 is 0 Å². The maximum absolute atomic E-state index is 11.6. The average Bonchev–Trinajstić information content (AvgIpc) is 3.15. The van der Waals surface area contributed by atoms with Crippen LogP contribution < -0.4 is 5.32 Å². The quantitative estimate of drug-likeness (QED) is 0.439. The van der Waals surface area contributed by atoms with Gasteiger partial charge in [-0.2, -0.15) is 10.3 Å². The number of ketones is 1. The highest BCUT2D eigenvalue weighted by Gasteiger charge is 2.15. The molecule has 0 bridgehead atoms. The molecule has 28 heavy (non-hydrogen) atoms. The Labute approximate surface area is 172 Å². The third-order valence-electron chi connectivity index (χ3n) is 4.91. The Morgan fingerprint density at radius 2 is 2.04 bits per heavy atom. The lowest BCUT2D eigenvalue weighted by molar-refractivity contribution is 0.101. The number of hydrogen-bond donors (Lipinski definition) is 2. The van der Waals surface area contributed by atoms with Gasteiger partial charge in [0.2, 0.25) is 5.65 Å². The molecule has 0 fully saturated rings. The molecule has 148 valence electrons. The highest BCUT2D eigenvalue weighted by Crippen LogP contribution is 2.29. The lowest BCUT2D eigenvalue weighted by atomic mass is 9.95. The van der Waals surface area contributed by atoms with Crippen molar-refractivity contribution in [2.75, 3.05) is 5.32 Å². The maximum Gasteiger partial charge on any atom is 0.207 e. The summed E-state index contributed by atoms with van der Waals surface area (Å²) < 4.78 is 0.783. The highest BCUT2D eigenvalue weighted by atomic mass is 79.9. The Bertz CT molecular complexity index is 970. The average molecular weight is 445 g/mol. The smallest absolute Gasteiger partial charge is 0.207 e. The fourth-order valence-corrected chi connectivity index (χ4v) is 3.73. The van der Waals surface area contributed by atoms with Gasteiger partial charge in [-0.1, -0.05) is 33.1 Å². The zero-order valence-electron chi connectivity index (χ0n) is 16.4. The van der Waals surface area contributed by atoms with E-state index in [1.54, 1.807) is 19.1 Å². The first-order valence-electron chi connectivity index (χ1n) is 9.66. The minimum Gasteiger partial charge on any atom is -0.337 e. The van der Waals surface area contributed by atoms with Crippen molar-refractivity contribution in [2.45, 2.75) is 52.9 Å². The molecule has 0 aliphatic rings. The number of nitrogens with one attached hydrogen (secondary N) is 2. The van der Waals surface area contributed by atoms with E-state index in [-0.39, 0.29) is 5.78 Å². The third kappa shape index (κ3) is 4.73. The zero-order chi connectivity index (χ0) is 20.1. The van der Waals surface area contributed by atoms with Gasteiger partial charge in [0, 0.05) is 16.5 Å². The summed E-state index contributed by atoms with van der Waals surface area (Å²) in [4.78, 5) is 20.8. The van der Waals surface area contributed by atoms with Gasteiger partial charge < -0.3 is 5.32 Å². The van der Waals surface area contributed by atoms with Crippen molar-refractivity contribution in [1.82, 2.24) is 25.4 Å². The molecule has 8 heteroatoms. The SMILES string of the molecule is CCCC(CC)CCc1nc(Nc2ccc(C(C)=O)cc2Br)c2n[nH]nc2n1. The highest BCUT2D eigenvalue weighted by molar-refractivity contribution is 9.10. The Balaban J connectivity index is 1.86. The van der Waals surface area contributed by atoms with Gasteiger partial charge in [0.1, 0.15) is 5.82 Å². The summed E-state index contributed by atoms with van der Waals surface area (Å²) >= 11 is 3.52. The summed E-state index contributed by atoms with van der Waals surface area (Å²) in [7, 11) is 0. The minimum atomic E-state index is 0.0213. The molecule has 0 saturated carbocycles. The predicted octanol–water partition coefficient (Wildman–Crippen LogP) is 5.22. The molecule has 1 unspecified atom stereocenters. The number of aryl methyl sites for hydroxylation is 1. The standard InChI is InChI=1S/C20H25BrN6O/c1-4-6-13(5-2)7-10-17-23-19(18-20(24-17)26-27-25-18)22-16-9-8-14(12(3)28)11-15(16)21/h8-9,11,13H,4-7,10H2,1-3H3,(H2,22,23,24,25,26,27). The van der Waals surface area contributed by atoms with Crippen molar-refractivity contribution in [3.05, 3.63) is 34.1 Å². The van der Waals surface area contributed by atoms with Gasteiger partial charge in [0.05, 0.1) is 5.69 Å². The molecule has 1 atom stereocenters. The van der Waals surface area contributed by atoms with Crippen molar-refractivity contribution in [1.29, 1.82) is 0 Å². The number of H-pyrrole nitrogens is 1. The van der Waals surface area contributed by atoms with Crippen LogP contribution in [-0.4, -0.2) is 31.2 Å². The fraction of sp³-hybridized carbons (Fsp3) is 0.450. The van der Waals surface area contributed by atoms with Crippen LogP contribution in [0.1, 0.15) is 62.6 Å². The van der Waals surface area contributed by atoms with Crippen molar-refractivity contribution >= 4 is 44.4 Å². The van der Waals surface area contributed by atoms with E-state index in [0.29, 0.717) is 28.5 Å². The molecule has 2 N–H and O–H groups in total. The number of anilines is 2. The summed E-state index contributed by atoms with van der Waals surface area (Å²) in [5, 5.41) is 14.3.